The lowest BCUT2D eigenvalue weighted by Gasteiger charge is -2.48. The molecule has 142 valence electrons. The summed E-state index contributed by atoms with van der Waals surface area (Å²) >= 11 is 0. The molecule has 1 amide bonds. The third-order valence-corrected chi connectivity index (χ3v) is 6.07. The highest BCUT2D eigenvalue weighted by molar-refractivity contribution is 5.85. The Morgan fingerprint density at radius 1 is 1.46 bits per heavy atom. The second-order valence-electron chi connectivity index (χ2n) is 7.82. The molecule has 1 aliphatic heterocycles. The zero-order valence-corrected chi connectivity index (χ0v) is 14.6. The van der Waals surface area contributed by atoms with Gasteiger partial charge in [-0.3, -0.25) is 4.79 Å². The molecule has 3 atom stereocenters. The van der Waals surface area contributed by atoms with E-state index in [1.165, 1.54) is 6.07 Å². The summed E-state index contributed by atoms with van der Waals surface area (Å²) in [4.78, 5) is 17.9. The molecule has 2 bridgehead atoms. The molecule has 2 aromatic rings. The third kappa shape index (κ3) is 3.25. The molecule has 3 unspecified atom stereocenters. The van der Waals surface area contributed by atoms with E-state index < -0.39 is 5.60 Å². The van der Waals surface area contributed by atoms with E-state index in [4.69, 9.17) is 0 Å². The van der Waals surface area contributed by atoms with Crippen LogP contribution in [0.4, 0.5) is 4.39 Å². The molecule has 1 aromatic heterocycles. The van der Waals surface area contributed by atoms with Crippen molar-refractivity contribution in [2.75, 3.05) is 6.54 Å². The molecule has 1 saturated carbocycles. The number of amides is 1. The van der Waals surface area contributed by atoms with Crippen LogP contribution in [0.2, 0.25) is 0 Å². The number of carbonyl (C=O) groups is 1. The van der Waals surface area contributed by atoms with E-state index in [1.807, 2.05) is 24.1 Å². The van der Waals surface area contributed by atoms with Gasteiger partial charge in [0.05, 0.1) is 5.60 Å². The maximum Gasteiger partial charge on any atom is 0.223 e. The van der Waals surface area contributed by atoms with Crippen molar-refractivity contribution in [1.82, 2.24) is 9.88 Å². The Bertz CT molecular complexity index is 802. The molecule has 5 heteroatoms. The van der Waals surface area contributed by atoms with Crippen LogP contribution >= 0.6 is 0 Å². The van der Waals surface area contributed by atoms with Gasteiger partial charge < -0.3 is 15.0 Å². The maximum atomic E-state index is 14.2. The molecule has 4 nitrogen and oxygen atoms in total. The van der Waals surface area contributed by atoms with Crippen LogP contribution in [0.3, 0.4) is 0 Å². The first-order chi connectivity index (χ1) is 12.0. The minimum atomic E-state index is -0.564. The highest BCUT2D eigenvalue weighted by Gasteiger charge is 2.42. The van der Waals surface area contributed by atoms with Gasteiger partial charge in [-0.1, -0.05) is 20.4 Å². The Kier molecular flexibility index (Phi) is 5.11. The number of nitrogens with one attached hydrogen (secondary N) is 1. The quantitative estimate of drug-likeness (QED) is 0.855. The van der Waals surface area contributed by atoms with Crippen molar-refractivity contribution >= 4 is 16.8 Å². The minimum absolute atomic E-state index is 0. The van der Waals surface area contributed by atoms with Crippen LogP contribution in [0.25, 0.3) is 10.9 Å². The number of aliphatic hydroxyl groups is 1. The summed E-state index contributed by atoms with van der Waals surface area (Å²) in [5.41, 5.74) is 1.06. The monoisotopic (exact) mass is 360 g/mol. The highest BCUT2D eigenvalue weighted by atomic mass is 19.1. The van der Waals surface area contributed by atoms with Crippen molar-refractivity contribution in [3.8, 4) is 0 Å². The standard InChI is InChI=1S/C20H25FN2O2.CH4/c1-13(15-12-22-17-6-2-5-16(21)19(15)17)10-18(24)23-9-8-20(25)7-3-4-14(23)11-20;/h2,5-6,12-14,22,25H,3-4,7-11H2,1H3;1H4. The van der Waals surface area contributed by atoms with Crippen LogP contribution in [0.15, 0.2) is 24.4 Å². The van der Waals surface area contributed by atoms with Gasteiger partial charge in [-0.25, -0.2) is 4.39 Å². The SMILES string of the molecule is C.CC(CC(=O)N1CCC2(O)CCCC1C2)c1c[nH]c2cccc(F)c12. The number of aromatic amines is 1. The number of hydrogen-bond donors (Lipinski definition) is 2. The lowest BCUT2D eigenvalue weighted by molar-refractivity contribution is -0.144. The van der Waals surface area contributed by atoms with Crippen molar-refractivity contribution in [2.24, 2.45) is 0 Å². The van der Waals surface area contributed by atoms with E-state index in [9.17, 15) is 14.3 Å². The second kappa shape index (κ2) is 7.03. The molecule has 2 fully saturated rings. The second-order valence-corrected chi connectivity index (χ2v) is 7.82. The topological polar surface area (TPSA) is 56.3 Å². The first-order valence-electron chi connectivity index (χ1n) is 9.24. The predicted octanol–water partition coefficient (Wildman–Crippen LogP) is 4.34. The fraction of sp³-hybridized carbons (Fsp3) is 0.571. The highest BCUT2D eigenvalue weighted by Crippen LogP contribution is 2.39. The van der Waals surface area contributed by atoms with Gasteiger partial charge in [0.2, 0.25) is 5.91 Å². The minimum Gasteiger partial charge on any atom is -0.390 e. The molecule has 1 aromatic carbocycles. The zero-order valence-electron chi connectivity index (χ0n) is 14.6. The molecule has 2 N–H and O–H groups in total. The van der Waals surface area contributed by atoms with Crippen molar-refractivity contribution in [1.29, 1.82) is 0 Å². The fourth-order valence-electron chi connectivity index (χ4n) is 4.69. The number of aromatic nitrogens is 1. The van der Waals surface area contributed by atoms with Crippen LogP contribution in [-0.4, -0.2) is 39.1 Å². The average molecular weight is 360 g/mol. The van der Waals surface area contributed by atoms with E-state index in [1.54, 1.807) is 6.07 Å². The molecule has 26 heavy (non-hydrogen) atoms. The molecule has 0 spiro atoms. The first kappa shape index (κ1) is 18.9. The number of piperidine rings is 1. The summed E-state index contributed by atoms with van der Waals surface area (Å²) in [6, 6.07) is 5.16. The normalized spacial score (nSPS) is 26.4. The summed E-state index contributed by atoms with van der Waals surface area (Å²) in [5.74, 6) is -0.182. The molecular formula is C21H29FN2O2. The summed E-state index contributed by atoms with van der Waals surface area (Å²) < 4.78 is 14.2. The number of fused-ring (bicyclic) bond motifs is 3. The molecule has 2 heterocycles. The number of halogens is 1. The Balaban J connectivity index is 0.00000196. The number of rotatable bonds is 3. The Morgan fingerprint density at radius 2 is 2.27 bits per heavy atom. The zero-order chi connectivity index (χ0) is 17.6. The van der Waals surface area contributed by atoms with E-state index >= 15 is 0 Å². The van der Waals surface area contributed by atoms with Gasteiger partial charge in [-0.15, -0.1) is 0 Å². The van der Waals surface area contributed by atoms with Crippen LogP contribution in [0.1, 0.15) is 64.4 Å². The van der Waals surface area contributed by atoms with Gasteiger partial charge in [-0.2, -0.15) is 0 Å². The molecular weight excluding hydrogens is 331 g/mol. The third-order valence-electron chi connectivity index (χ3n) is 6.07. The number of nitrogens with zero attached hydrogens (tertiary/aromatic N) is 1. The Hall–Kier alpha value is -1.88. The van der Waals surface area contributed by atoms with Crippen molar-refractivity contribution < 1.29 is 14.3 Å². The molecule has 1 aliphatic carbocycles. The molecule has 0 radical (unpaired) electrons. The first-order valence-corrected chi connectivity index (χ1v) is 9.24. The fourth-order valence-corrected chi connectivity index (χ4v) is 4.69. The Labute approximate surface area is 154 Å². The van der Waals surface area contributed by atoms with Crippen molar-refractivity contribution in [3.05, 3.63) is 35.8 Å². The van der Waals surface area contributed by atoms with Gasteiger partial charge in [0, 0.05) is 36.1 Å². The largest absolute Gasteiger partial charge is 0.390 e. The van der Waals surface area contributed by atoms with Crippen molar-refractivity contribution in [2.45, 2.75) is 70.4 Å². The van der Waals surface area contributed by atoms with Crippen LogP contribution in [0, 0.1) is 5.82 Å². The summed E-state index contributed by atoms with van der Waals surface area (Å²) in [7, 11) is 0. The molecule has 2 aliphatic rings. The smallest absolute Gasteiger partial charge is 0.223 e. The van der Waals surface area contributed by atoms with Crippen LogP contribution < -0.4 is 0 Å². The predicted molar refractivity (Wildman–Crippen MR) is 102 cm³/mol. The Morgan fingerprint density at radius 3 is 3.08 bits per heavy atom. The van der Waals surface area contributed by atoms with Gasteiger partial charge in [0.15, 0.2) is 0 Å². The summed E-state index contributed by atoms with van der Waals surface area (Å²) in [5, 5.41) is 11.1. The maximum absolute atomic E-state index is 14.2. The summed E-state index contributed by atoms with van der Waals surface area (Å²) in [6.07, 6.45) is 6.38. The number of benzene rings is 1. The summed E-state index contributed by atoms with van der Waals surface area (Å²) in [6.45, 7) is 2.61. The number of carbonyl (C=O) groups excluding carboxylic acids is 1. The van der Waals surface area contributed by atoms with E-state index in [2.05, 4.69) is 4.98 Å². The van der Waals surface area contributed by atoms with Crippen molar-refractivity contribution in [3.63, 3.8) is 0 Å². The number of H-pyrrole nitrogens is 1. The average Bonchev–Trinajstić information content (AvgIpc) is 3.00. The van der Waals surface area contributed by atoms with Crippen LogP contribution in [0.5, 0.6) is 0 Å². The molecule has 4 rings (SSSR count). The van der Waals surface area contributed by atoms with E-state index in [0.717, 1.165) is 30.3 Å². The molecule has 1 saturated heterocycles. The van der Waals surface area contributed by atoms with E-state index in [0.29, 0.717) is 31.2 Å². The van der Waals surface area contributed by atoms with Gasteiger partial charge in [0.1, 0.15) is 5.82 Å². The lowest BCUT2D eigenvalue weighted by Crippen LogP contribution is -2.55. The van der Waals surface area contributed by atoms with Gasteiger partial charge >= 0.3 is 0 Å². The number of hydrogen-bond acceptors (Lipinski definition) is 2. The van der Waals surface area contributed by atoms with Gasteiger partial charge in [0.25, 0.3) is 0 Å². The van der Waals surface area contributed by atoms with E-state index in [-0.39, 0.29) is 31.1 Å². The van der Waals surface area contributed by atoms with Crippen LogP contribution in [-0.2, 0) is 4.79 Å². The lowest BCUT2D eigenvalue weighted by atomic mass is 9.76. The van der Waals surface area contributed by atoms with Gasteiger partial charge in [-0.05, 0) is 55.7 Å². The number of likely N-dealkylation sites (tertiary alicyclic amines) is 1.